The Hall–Kier alpha value is -3.23. The zero-order valence-electron chi connectivity index (χ0n) is 12.4. The van der Waals surface area contributed by atoms with E-state index in [9.17, 15) is 14.9 Å². The fraction of sp³-hybridized carbons (Fsp3) is 0.214. The number of nitrogens with one attached hydrogen (secondary N) is 1. The van der Waals surface area contributed by atoms with Gasteiger partial charge in [-0.3, -0.25) is 15.2 Å². The van der Waals surface area contributed by atoms with Gasteiger partial charge in [-0.1, -0.05) is 0 Å². The Morgan fingerprint density at radius 2 is 2.04 bits per heavy atom. The summed E-state index contributed by atoms with van der Waals surface area (Å²) in [5.74, 6) is -0.0209. The Morgan fingerprint density at radius 3 is 2.65 bits per heavy atom. The first-order valence-corrected chi connectivity index (χ1v) is 6.88. The molecule has 3 rings (SSSR count). The van der Waals surface area contributed by atoms with Crippen LogP contribution < -0.4 is 0 Å². The van der Waals surface area contributed by atoms with Crippen molar-refractivity contribution in [2.24, 2.45) is 0 Å². The number of fused-ring (bicyclic) bond motifs is 1. The molecule has 2 aromatic heterocycles. The van der Waals surface area contributed by atoms with Crippen LogP contribution in [-0.2, 0) is 4.74 Å². The minimum Gasteiger partial charge on any atom is -0.462 e. The van der Waals surface area contributed by atoms with E-state index in [4.69, 9.17) is 4.74 Å². The van der Waals surface area contributed by atoms with Gasteiger partial charge in [-0.2, -0.15) is 0 Å². The van der Waals surface area contributed by atoms with Crippen molar-refractivity contribution in [2.45, 2.75) is 13.8 Å². The number of aromatic amines is 1. The van der Waals surface area contributed by atoms with E-state index in [1.807, 2.05) is 0 Å². The summed E-state index contributed by atoms with van der Waals surface area (Å²) in [7, 11) is 0. The zero-order chi connectivity index (χ0) is 16.6. The number of aryl methyl sites for hydroxylation is 1. The van der Waals surface area contributed by atoms with Gasteiger partial charge >= 0.3 is 5.97 Å². The summed E-state index contributed by atoms with van der Waals surface area (Å²) in [5, 5.41) is 21.8. The Bertz CT molecular complexity index is 894. The number of esters is 1. The van der Waals surface area contributed by atoms with Crippen molar-refractivity contribution < 1.29 is 14.5 Å². The molecule has 9 heteroatoms. The maximum atomic E-state index is 12.0. The monoisotopic (exact) mass is 315 g/mol. The van der Waals surface area contributed by atoms with Gasteiger partial charge in [-0.05, 0) is 26.0 Å². The van der Waals surface area contributed by atoms with Crippen LogP contribution in [0.15, 0.2) is 24.3 Å². The molecule has 0 saturated carbocycles. The number of non-ortho nitro benzene ring substituents is 1. The third kappa shape index (κ3) is 2.41. The van der Waals surface area contributed by atoms with Gasteiger partial charge in [0.15, 0.2) is 11.5 Å². The molecule has 0 fully saturated rings. The van der Waals surface area contributed by atoms with Crippen molar-refractivity contribution in [1.82, 2.24) is 19.8 Å². The number of aromatic nitrogens is 4. The lowest BCUT2D eigenvalue weighted by molar-refractivity contribution is -0.384. The highest BCUT2D eigenvalue weighted by Gasteiger charge is 2.22. The third-order valence-corrected chi connectivity index (χ3v) is 3.36. The van der Waals surface area contributed by atoms with Crippen molar-refractivity contribution in [1.29, 1.82) is 0 Å². The quantitative estimate of drug-likeness (QED) is 0.448. The second-order valence-electron chi connectivity index (χ2n) is 4.82. The van der Waals surface area contributed by atoms with Crippen LogP contribution >= 0.6 is 0 Å². The van der Waals surface area contributed by atoms with E-state index >= 15 is 0 Å². The van der Waals surface area contributed by atoms with E-state index in [0.29, 0.717) is 28.3 Å². The minimum absolute atomic E-state index is 0.00983. The molecular formula is C14H13N5O4. The summed E-state index contributed by atoms with van der Waals surface area (Å²) in [5.41, 5.74) is 1.92. The Kier molecular flexibility index (Phi) is 3.53. The number of H-pyrrole nitrogens is 1. The molecule has 3 aromatic rings. The summed E-state index contributed by atoms with van der Waals surface area (Å²) < 4.78 is 6.58. The maximum Gasteiger partial charge on any atom is 0.343 e. The number of nitro benzene ring substituents is 1. The number of carbonyl (C=O) groups is 1. The summed E-state index contributed by atoms with van der Waals surface area (Å²) in [4.78, 5) is 22.2. The predicted octanol–water partition coefficient (Wildman–Crippen LogP) is 2.12. The van der Waals surface area contributed by atoms with Gasteiger partial charge < -0.3 is 4.74 Å². The number of ether oxygens (including phenoxy) is 1. The highest BCUT2D eigenvalue weighted by molar-refractivity contribution is 5.97. The molecule has 1 N–H and O–H groups in total. The predicted molar refractivity (Wildman–Crippen MR) is 80.1 cm³/mol. The standard InChI is InChI=1S/C14H13N5O4/c1-3-23-14(20)11-8(2)17-18-12(15-16-13(11)18)9-4-6-10(7-5-9)19(21)22/h4-7,17H,3H2,1-2H3. The molecule has 1 aromatic carbocycles. The summed E-state index contributed by atoms with van der Waals surface area (Å²) >= 11 is 0. The van der Waals surface area contributed by atoms with Crippen LogP contribution in [0.5, 0.6) is 0 Å². The fourth-order valence-corrected chi connectivity index (χ4v) is 2.31. The molecule has 2 heterocycles. The normalized spacial score (nSPS) is 10.9. The van der Waals surface area contributed by atoms with Crippen LogP contribution in [0.2, 0.25) is 0 Å². The Labute approximate surface area is 130 Å². The van der Waals surface area contributed by atoms with E-state index in [1.54, 1.807) is 30.5 Å². The number of hydrogen-bond donors (Lipinski definition) is 1. The van der Waals surface area contributed by atoms with E-state index < -0.39 is 10.9 Å². The van der Waals surface area contributed by atoms with Crippen LogP contribution in [-0.4, -0.2) is 37.3 Å². The summed E-state index contributed by atoms with van der Waals surface area (Å²) in [6.07, 6.45) is 0. The zero-order valence-corrected chi connectivity index (χ0v) is 12.4. The number of hydrogen-bond acceptors (Lipinski definition) is 6. The molecule has 0 bridgehead atoms. The van der Waals surface area contributed by atoms with Crippen molar-refractivity contribution in [2.75, 3.05) is 6.61 Å². The molecule has 0 radical (unpaired) electrons. The molecule has 118 valence electrons. The lowest BCUT2D eigenvalue weighted by Crippen LogP contribution is -2.05. The van der Waals surface area contributed by atoms with E-state index in [1.165, 1.54) is 12.1 Å². The van der Waals surface area contributed by atoms with Crippen LogP contribution in [0, 0.1) is 17.0 Å². The molecule has 0 aliphatic carbocycles. The van der Waals surface area contributed by atoms with Crippen molar-refractivity contribution in [3.05, 3.63) is 45.6 Å². The Morgan fingerprint density at radius 1 is 1.35 bits per heavy atom. The first kappa shape index (κ1) is 14.7. The van der Waals surface area contributed by atoms with Crippen molar-refractivity contribution in [3.63, 3.8) is 0 Å². The first-order valence-electron chi connectivity index (χ1n) is 6.88. The van der Waals surface area contributed by atoms with E-state index in [-0.39, 0.29) is 12.3 Å². The number of carbonyl (C=O) groups excluding carboxylic acids is 1. The molecule has 9 nitrogen and oxygen atoms in total. The fourth-order valence-electron chi connectivity index (χ4n) is 2.31. The topological polar surface area (TPSA) is 115 Å². The number of benzene rings is 1. The van der Waals surface area contributed by atoms with Crippen LogP contribution in [0.1, 0.15) is 23.0 Å². The van der Waals surface area contributed by atoms with Gasteiger partial charge in [0.25, 0.3) is 5.69 Å². The van der Waals surface area contributed by atoms with Crippen molar-refractivity contribution in [3.8, 4) is 11.4 Å². The van der Waals surface area contributed by atoms with Gasteiger partial charge in [0.1, 0.15) is 5.56 Å². The minimum atomic E-state index is -0.473. The molecule has 0 aliphatic rings. The molecule has 0 saturated heterocycles. The average molecular weight is 315 g/mol. The van der Waals surface area contributed by atoms with Crippen LogP contribution in [0.3, 0.4) is 0 Å². The number of nitro groups is 1. The SMILES string of the molecule is CCOC(=O)c1c(C)[nH]n2c(-c3ccc([N+](=O)[O-])cc3)nnc12. The molecule has 0 atom stereocenters. The first-order chi connectivity index (χ1) is 11.0. The summed E-state index contributed by atoms with van der Waals surface area (Å²) in [6.45, 7) is 3.72. The average Bonchev–Trinajstić information content (AvgIpc) is 3.05. The molecule has 23 heavy (non-hydrogen) atoms. The Balaban J connectivity index is 2.08. The maximum absolute atomic E-state index is 12.0. The van der Waals surface area contributed by atoms with Crippen LogP contribution in [0.25, 0.3) is 17.0 Å². The van der Waals surface area contributed by atoms with Gasteiger partial charge in [-0.25, -0.2) is 9.31 Å². The number of rotatable bonds is 4. The lowest BCUT2D eigenvalue weighted by atomic mass is 10.2. The smallest absolute Gasteiger partial charge is 0.343 e. The molecule has 0 unspecified atom stereocenters. The van der Waals surface area contributed by atoms with E-state index in [0.717, 1.165) is 0 Å². The largest absolute Gasteiger partial charge is 0.462 e. The lowest BCUT2D eigenvalue weighted by Gasteiger charge is -1.98. The van der Waals surface area contributed by atoms with Gasteiger partial charge in [0.2, 0.25) is 0 Å². The molecule has 0 spiro atoms. The number of nitrogens with zero attached hydrogens (tertiary/aromatic N) is 4. The second-order valence-corrected chi connectivity index (χ2v) is 4.82. The van der Waals surface area contributed by atoms with Gasteiger partial charge in [0.05, 0.1) is 11.5 Å². The third-order valence-electron chi connectivity index (χ3n) is 3.36. The molecular weight excluding hydrogens is 302 g/mol. The van der Waals surface area contributed by atoms with Gasteiger partial charge in [-0.15, -0.1) is 10.2 Å². The second kappa shape index (κ2) is 5.52. The highest BCUT2D eigenvalue weighted by atomic mass is 16.6. The van der Waals surface area contributed by atoms with E-state index in [2.05, 4.69) is 15.3 Å². The van der Waals surface area contributed by atoms with Crippen LogP contribution in [0.4, 0.5) is 5.69 Å². The van der Waals surface area contributed by atoms with Gasteiger partial charge in [0, 0.05) is 23.4 Å². The summed E-state index contributed by atoms with van der Waals surface area (Å²) in [6, 6.07) is 5.93. The molecule has 0 aliphatic heterocycles. The molecule has 0 amide bonds. The van der Waals surface area contributed by atoms with Crippen molar-refractivity contribution >= 4 is 17.3 Å². The highest BCUT2D eigenvalue weighted by Crippen LogP contribution is 2.24.